The number of hydrogen-bond acceptors (Lipinski definition) is 4. The van der Waals surface area contributed by atoms with Crippen LogP contribution in [0.25, 0.3) is 0 Å². The summed E-state index contributed by atoms with van der Waals surface area (Å²) in [5.74, 6) is 0.721. The maximum Gasteiger partial charge on any atom is 0.174 e. The third kappa shape index (κ3) is 4.55. The molecule has 2 rings (SSSR count). The van der Waals surface area contributed by atoms with E-state index in [0.29, 0.717) is 6.04 Å². The quantitative estimate of drug-likeness (QED) is 0.849. The van der Waals surface area contributed by atoms with Crippen LogP contribution in [0.4, 0.5) is 0 Å². The molecule has 0 spiro atoms. The molecule has 1 aliphatic rings. The fourth-order valence-electron chi connectivity index (χ4n) is 2.43. The number of aliphatic hydroxyl groups excluding tert-OH is 1. The van der Waals surface area contributed by atoms with Crippen LogP contribution in [0.3, 0.4) is 0 Å². The highest BCUT2D eigenvalue weighted by Gasteiger charge is 2.19. The van der Waals surface area contributed by atoms with Gasteiger partial charge in [-0.05, 0) is 43.4 Å². The van der Waals surface area contributed by atoms with Gasteiger partial charge in [0.15, 0.2) is 6.61 Å². The molecule has 4 nitrogen and oxygen atoms in total. The fourth-order valence-corrected chi connectivity index (χ4v) is 2.43. The molecular formula is C15H20N2O2. The van der Waals surface area contributed by atoms with Crippen LogP contribution in [-0.4, -0.2) is 23.9 Å². The van der Waals surface area contributed by atoms with E-state index in [2.05, 4.69) is 5.32 Å². The van der Waals surface area contributed by atoms with Gasteiger partial charge in [-0.1, -0.05) is 12.1 Å². The van der Waals surface area contributed by atoms with Gasteiger partial charge < -0.3 is 15.2 Å². The summed E-state index contributed by atoms with van der Waals surface area (Å²) in [6.45, 7) is 0.882. The zero-order chi connectivity index (χ0) is 13.5. The SMILES string of the molecule is N#CCOc1ccc(CNC2CCCC(O)C2)cc1. The van der Waals surface area contributed by atoms with E-state index in [-0.39, 0.29) is 12.7 Å². The Morgan fingerprint density at radius 2 is 2.11 bits per heavy atom. The molecule has 0 saturated heterocycles. The number of ether oxygens (including phenoxy) is 1. The van der Waals surface area contributed by atoms with E-state index in [0.717, 1.165) is 38.0 Å². The van der Waals surface area contributed by atoms with Gasteiger partial charge in [0.25, 0.3) is 0 Å². The predicted molar refractivity (Wildman–Crippen MR) is 72.7 cm³/mol. The summed E-state index contributed by atoms with van der Waals surface area (Å²) in [6, 6.07) is 10.1. The summed E-state index contributed by atoms with van der Waals surface area (Å²) in [4.78, 5) is 0. The van der Waals surface area contributed by atoms with Gasteiger partial charge in [-0.25, -0.2) is 0 Å². The van der Waals surface area contributed by atoms with Crippen molar-refractivity contribution in [2.75, 3.05) is 6.61 Å². The Morgan fingerprint density at radius 3 is 2.79 bits per heavy atom. The molecule has 0 aliphatic heterocycles. The Hall–Kier alpha value is -1.57. The normalized spacial score (nSPS) is 22.7. The van der Waals surface area contributed by atoms with Gasteiger partial charge >= 0.3 is 0 Å². The predicted octanol–water partition coefficient (Wildman–Crippen LogP) is 1.98. The molecule has 19 heavy (non-hydrogen) atoms. The highest BCUT2D eigenvalue weighted by atomic mass is 16.5. The minimum Gasteiger partial charge on any atom is -0.479 e. The zero-order valence-electron chi connectivity index (χ0n) is 11.0. The van der Waals surface area contributed by atoms with Gasteiger partial charge in [0.1, 0.15) is 11.8 Å². The highest BCUT2D eigenvalue weighted by Crippen LogP contribution is 2.19. The Labute approximate surface area is 114 Å². The largest absolute Gasteiger partial charge is 0.479 e. The summed E-state index contributed by atoms with van der Waals surface area (Å²) < 4.78 is 5.20. The van der Waals surface area contributed by atoms with E-state index >= 15 is 0 Å². The summed E-state index contributed by atoms with van der Waals surface area (Å²) in [7, 11) is 0. The minimum absolute atomic E-state index is 0.0809. The second kappa shape index (κ2) is 7.13. The fraction of sp³-hybridized carbons (Fsp3) is 0.533. The lowest BCUT2D eigenvalue weighted by Gasteiger charge is -2.26. The lowest BCUT2D eigenvalue weighted by molar-refractivity contribution is 0.111. The molecule has 0 aromatic heterocycles. The molecule has 0 radical (unpaired) electrons. The van der Waals surface area contributed by atoms with Crippen molar-refractivity contribution in [2.45, 2.75) is 44.4 Å². The molecular weight excluding hydrogens is 240 g/mol. The standard InChI is InChI=1S/C15H20N2O2/c16-8-9-19-15-6-4-12(5-7-15)11-17-13-2-1-3-14(18)10-13/h4-7,13-14,17-18H,1-3,9-11H2. The van der Waals surface area contributed by atoms with Crippen molar-refractivity contribution in [2.24, 2.45) is 0 Å². The molecule has 102 valence electrons. The van der Waals surface area contributed by atoms with Crippen LogP contribution in [0.5, 0.6) is 5.75 Å². The van der Waals surface area contributed by atoms with Crippen molar-refractivity contribution in [3.63, 3.8) is 0 Å². The Bertz CT molecular complexity index is 425. The minimum atomic E-state index is -0.145. The third-order valence-corrected chi connectivity index (χ3v) is 3.47. The average Bonchev–Trinajstić information content (AvgIpc) is 2.44. The van der Waals surface area contributed by atoms with Crippen LogP contribution in [0.15, 0.2) is 24.3 Å². The second-order valence-corrected chi connectivity index (χ2v) is 4.99. The average molecular weight is 260 g/mol. The van der Waals surface area contributed by atoms with Gasteiger partial charge in [0, 0.05) is 12.6 Å². The molecule has 1 saturated carbocycles. The maximum atomic E-state index is 9.61. The van der Waals surface area contributed by atoms with E-state index in [9.17, 15) is 5.11 Å². The summed E-state index contributed by atoms with van der Waals surface area (Å²) in [5.41, 5.74) is 1.18. The number of nitrogens with zero attached hydrogens (tertiary/aromatic N) is 1. The number of hydrogen-bond donors (Lipinski definition) is 2. The first-order valence-electron chi connectivity index (χ1n) is 6.78. The molecule has 1 aliphatic carbocycles. The smallest absolute Gasteiger partial charge is 0.174 e. The maximum absolute atomic E-state index is 9.61. The number of aliphatic hydroxyl groups is 1. The Morgan fingerprint density at radius 1 is 1.32 bits per heavy atom. The molecule has 2 unspecified atom stereocenters. The van der Waals surface area contributed by atoms with E-state index in [4.69, 9.17) is 10.00 Å². The lowest BCUT2D eigenvalue weighted by Crippen LogP contribution is -2.35. The van der Waals surface area contributed by atoms with Crippen LogP contribution in [0.2, 0.25) is 0 Å². The van der Waals surface area contributed by atoms with E-state index < -0.39 is 0 Å². The van der Waals surface area contributed by atoms with Crippen molar-refractivity contribution in [1.29, 1.82) is 5.26 Å². The first-order chi connectivity index (χ1) is 9.28. The monoisotopic (exact) mass is 260 g/mol. The molecule has 1 aromatic rings. The molecule has 0 bridgehead atoms. The summed E-state index contributed by atoms with van der Waals surface area (Å²) in [6.07, 6.45) is 3.88. The number of nitrogens with one attached hydrogen (secondary N) is 1. The lowest BCUT2D eigenvalue weighted by atomic mass is 9.93. The van der Waals surface area contributed by atoms with Crippen LogP contribution in [-0.2, 0) is 6.54 Å². The van der Waals surface area contributed by atoms with Crippen molar-refractivity contribution >= 4 is 0 Å². The molecule has 1 aromatic carbocycles. The topological polar surface area (TPSA) is 65.3 Å². The van der Waals surface area contributed by atoms with Crippen molar-refractivity contribution < 1.29 is 9.84 Å². The van der Waals surface area contributed by atoms with Gasteiger partial charge in [0.2, 0.25) is 0 Å². The van der Waals surface area contributed by atoms with Gasteiger partial charge in [-0.3, -0.25) is 0 Å². The van der Waals surface area contributed by atoms with Crippen LogP contribution in [0, 0.1) is 11.3 Å². The third-order valence-electron chi connectivity index (χ3n) is 3.47. The van der Waals surface area contributed by atoms with Crippen LogP contribution >= 0.6 is 0 Å². The second-order valence-electron chi connectivity index (χ2n) is 4.99. The number of benzene rings is 1. The zero-order valence-corrected chi connectivity index (χ0v) is 11.0. The van der Waals surface area contributed by atoms with Crippen LogP contribution < -0.4 is 10.1 Å². The molecule has 0 heterocycles. The first kappa shape index (κ1) is 13.9. The van der Waals surface area contributed by atoms with Crippen molar-refractivity contribution in [3.8, 4) is 11.8 Å². The van der Waals surface area contributed by atoms with E-state index in [1.54, 1.807) is 0 Å². The molecule has 1 fully saturated rings. The molecule has 2 N–H and O–H groups in total. The highest BCUT2D eigenvalue weighted by molar-refractivity contribution is 5.27. The Balaban J connectivity index is 1.78. The Kier molecular flexibility index (Phi) is 5.20. The van der Waals surface area contributed by atoms with E-state index in [1.807, 2.05) is 30.3 Å². The molecule has 2 atom stereocenters. The van der Waals surface area contributed by atoms with Gasteiger partial charge in [-0.15, -0.1) is 0 Å². The molecule has 0 amide bonds. The molecule has 4 heteroatoms. The van der Waals surface area contributed by atoms with E-state index in [1.165, 1.54) is 5.56 Å². The van der Waals surface area contributed by atoms with Gasteiger partial charge in [-0.2, -0.15) is 5.26 Å². The van der Waals surface area contributed by atoms with Crippen molar-refractivity contribution in [3.05, 3.63) is 29.8 Å². The van der Waals surface area contributed by atoms with Gasteiger partial charge in [0.05, 0.1) is 6.10 Å². The number of rotatable bonds is 5. The number of nitriles is 1. The first-order valence-corrected chi connectivity index (χ1v) is 6.78. The summed E-state index contributed by atoms with van der Waals surface area (Å²) in [5, 5.41) is 21.5. The summed E-state index contributed by atoms with van der Waals surface area (Å²) >= 11 is 0. The van der Waals surface area contributed by atoms with Crippen molar-refractivity contribution in [1.82, 2.24) is 5.32 Å². The van der Waals surface area contributed by atoms with Crippen LogP contribution in [0.1, 0.15) is 31.2 Å².